The largest absolute Gasteiger partial charge is 0.481 e. The van der Waals surface area contributed by atoms with Gasteiger partial charge in [0.2, 0.25) is 0 Å². The fourth-order valence-electron chi connectivity index (χ4n) is 0.872. The van der Waals surface area contributed by atoms with Crippen LogP contribution < -0.4 is 0 Å². The summed E-state index contributed by atoms with van der Waals surface area (Å²) in [5.74, 6) is -0.979. The van der Waals surface area contributed by atoms with E-state index in [0.717, 1.165) is 0 Å². The van der Waals surface area contributed by atoms with Gasteiger partial charge in [-0.05, 0) is 25.8 Å². The summed E-state index contributed by atoms with van der Waals surface area (Å²) in [6, 6.07) is 0. The predicted molar refractivity (Wildman–Crippen MR) is 46.1 cm³/mol. The number of hydrogen-bond acceptors (Lipinski definition) is 3. The van der Waals surface area contributed by atoms with E-state index in [2.05, 4.69) is 10.0 Å². The summed E-state index contributed by atoms with van der Waals surface area (Å²) >= 11 is 0. The Morgan fingerprint density at radius 3 is 2.62 bits per heavy atom. The van der Waals surface area contributed by atoms with Gasteiger partial charge in [0.05, 0.1) is 18.1 Å². The normalized spacial score (nSPS) is 13.2. The minimum Gasteiger partial charge on any atom is -0.481 e. The molecule has 0 aliphatic carbocycles. The fraction of sp³-hybridized carbons (Fsp3) is 0.857. The molecule has 0 aliphatic rings. The third-order valence-electron chi connectivity index (χ3n) is 1.68. The second-order valence-corrected chi connectivity index (χ2v) is 3.46. The van der Waals surface area contributed by atoms with E-state index in [1.54, 1.807) is 0 Å². The Morgan fingerprint density at radius 1 is 1.69 bits per heavy atom. The van der Waals surface area contributed by atoms with Crippen LogP contribution in [0.1, 0.15) is 20.3 Å². The van der Waals surface area contributed by atoms with Gasteiger partial charge in [-0.2, -0.15) is 0 Å². The van der Waals surface area contributed by atoms with Crippen molar-refractivity contribution in [2.24, 2.45) is 10.5 Å². The van der Waals surface area contributed by atoms with E-state index in [-0.39, 0.29) is 13.0 Å². The molecule has 1 unspecified atom stereocenters. The van der Waals surface area contributed by atoms with Crippen LogP contribution in [-0.4, -0.2) is 28.8 Å². The van der Waals surface area contributed by atoms with Crippen molar-refractivity contribution in [1.29, 1.82) is 0 Å². The Balaban J connectivity index is 4.10. The Morgan fingerprint density at radius 2 is 2.23 bits per heavy atom. The number of azide groups is 1. The molecule has 0 spiro atoms. The first kappa shape index (κ1) is 11.7. The van der Waals surface area contributed by atoms with Gasteiger partial charge in [0.15, 0.2) is 0 Å². The zero-order chi connectivity index (χ0) is 10.5. The number of carboxylic acid groups (broad SMARTS) is 1. The van der Waals surface area contributed by atoms with Gasteiger partial charge in [0, 0.05) is 4.91 Å². The summed E-state index contributed by atoms with van der Waals surface area (Å²) < 4.78 is 0. The highest BCUT2D eigenvalue weighted by atomic mass is 16.4. The lowest BCUT2D eigenvalue weighted by Gasteiger charge is -2.21. The van der Waals surface area contributed by atoms with Gasteiger partial charge in [-0.3, -0.25) is 4.79 Å². The SMILES string of the molecule is CC(C)(CC(O)CN=[N+]=[N-])C(=O)O. The van der Waals surface area contributed by atoms with Crippen LogP contribution in [0.15, 0.2) is 5.11 Å². The lowest BCUT2D eigenvalue weighted by atomic mass is 9.87. The molecule has 6 heteroatoms. The van der Waals surface area contributed by atoms with Crippen molar-refractivity contribution in [3.8, 4) is 0 Å². The average molecular weight is 187 g/mol. The zero-order valence-corrected chi connectivity index (χ0v) is 7.64. The summed E-state index contributed by atoms with van der Waals surface area (Å²) in [5, 5.41) is 21.1. The van der Waals surface area contributed by atoms with Crippen molar-refractivity contribution in [2.45, 2.75) is 26.4 Å². The van der Waals surface area contributed by atoms with E-state index in [1.807, 2.05) is 0 Å². The molecule has 0 amide bonds. The van der Waals surface area contributed by atoms with Crippen LogP contribution in [0.2, 0.25) is 0 Å². The third kappa shape index (κ3) is 4.35. The van der Waals surface area contributed by atoms with Crippen molar-refractivity contribution in [1.82, 2.24) is 0 Å². The van der Waals surface area contributed by atoms with Crippen molar-refractivity contribution in [3.63, 3.8) is 0 Å². The highest BCUT2D eigenvalue weighted by molar-refractivity contribution is 5.73. The van der Waals surface area contributed by atoms with Crippen LogP contribution in [0.3, 0.4) is 0 Å². The van der Waals surface area contributed by atoms with Crippen molar-refractivity contribution < 1.29 is 15.0 Å². The summed E-state index contributed by atoms with van der Waals surface area (Å²) in [6.45, 7) is 2.93. The summed E-state index contributed by atoms with van der Waals surface area (Å²) in [6.07, 6.45) is -0.830. The average Bonchev–Trinajstić information content (AvgIpc) is 1.99. The number of carbonyl (C=O) groups is 1. The predicted octanol–water partition coefficient (Wildman–Crippen LogP) is 1.16. The molecule has 74 valence electrons. The van der Waals surface area contributed by atoms with Crippen LogP contribution in [0.4, 0.5) is 0 Å². The first-order valence-electron chi connectivity index (χ1n) is 3.82. The molecule has 0 heterocycles. The number of hydrogen-bond donors (Lipinski definition) is 2. The minimum absolute atomic E-state index is 0.0708. The molecule has 0 aromatic rings. The number of carboxylic acids is 1. The van der Waals surface area contributed by atoms with Gasteiger partial charge in [-0.15, -0.1) is 0 Å². The molecule has 1 atom stereocenters. The van der Waals surface area contributed by atoms with E-state index in [9.17, 15) is 9.90 Å². The molecule has 6 nitrogen and oxygen atoms in total. The maximum Gasteiger partial charge on any atom is 0.309 e. The van der Waals surface area contributed by atoms with Crippen LogP contribution >= 0.6 is 0 Å². The third-order valence-corrected chi connectivity index (χ3v) is 1.68. The lowest BCUT2D eigenvalue weighted by Crippen LogP contribution is -2.30. The molecule has 0 rings (SSSR count). The van der Waals surface area contributed by atoms with Crippen molar-refractivity contribution in [3.05, 3.63) is 10.4 Å². The van der Waals surface area contributed by atoms with Gasteiger partial charge in [0.1, 0.15) is 0 Å². The van der Waals surface area contributed by atoms with Gasteiger partial charge in [-0.1, -0.05) is 5.11 Å². The van der Waals surface area contributed by atoms with E-state index in [1.165, 1.54) is 13.8 Å². The van der Waals surface area contributed by atoms with E-state index in [0.29, 0.717) is 0 Å². The van der Waals surface area contributed by atoms with Gasteiger partial charge in [-0.25, -0.2) is 0 Å². The second kappa shape index (κ2) is 4.69. The Kier molecular flexibility index (Phi) is 4.23. The first-order chi connectivity index (χ1) is 5.90. The number of aliphatic hydroxyl groups excluding tert-OH is 1. The highest BCUT2D eigenvalue weighted by Gasteiger charge is 2.29. The van der Waals surface area contributed by atoms with E-state index < -0.39 is 17.5 Å². The standard InChI is InChI=1S/C7H13N3O3/c1-7(2,6(12)13)3-5(11)4-9-10-8/h5,11H,3-4H2,1-2H3,(H,12,13). The molecule has 0 fully saturated rings. The summed E-state index contributed by atoms with van der Waals surface area (Å²) in [4.78, 5) is 13.1. The van der Waals surface area contributed by atoms with Crippen LogP contribution in [-0.2, 0) is 4.79 Å². The fourth-order valence-corrected chi connectivity index (χ4v) is 0.872. The summed E-state index contributed by atoms with van der Waals surface area (Å²) in [7, 11) is 0. The van der Waals surface area contributed by atoms with Crippen LogP contribution in [0.25, 0.3) is 10.4 Å². The molecule has 2 N–H and O–H groups in total. The maximum atomic E-state index is 10.6. The Hall–Kier alpha value is -1.26. The Bertz CT molecular complexity index is 233. The van der Waals surface area contributed by atoms with Crippen molar-refractivity contribution >= 4 is 5.97 Å². The molecule has 13 heavy (non-hydrogen) atoms. The van der Waals surface area contributed by atoms with E-state index >= 15 is 0 Å². The molecular weight excluding hydrogens is 174 g/mol. The molecule has 0 aromatic carbocycles. The molecular formula is C7H13N3O3. The van der Waals surface area contributed by atoms with Crippen LogP contribution in [0.5, 0.6) is 0 Å². The number of nitrogens with zero attached hydrogens (tertiary/aromatic N) is 3. The maximum absolute atomic E-state index is 10.6. The number of rotatable bonds is 5. The second-order valence-electron chi connectivity index (χ2n) is 3.46. The molecule has 0 aromatic heterocycles. The molecule has 0 aliphatic heterocycles. The monoisotopic (exact) mass is 187 g/mol. The topological polar surface area (TPSA) is 106 Å². The smallest absolute Gasteiger partial charge is 0.309 e. The number of aliphatic hydroxyl groups is 1. The van der Waals surface area contributed by atoms with Gasteiger partial charge < -0.3 is 10.2 Å². The Labute approximate surface area is 75.8 Å². The highest BCUT2D eigenvalue weighted by Crippen LogP contribution is 2.22. The van der Waals surface area contributed by atoms with Gasteiger partial charge >= 0.3 is 5.97 Å². The summed E-state index contributed by atoms with van der Waals surface area (Å²) in [5.41, 5.74) is 6.96. The molecule has 0 bridgehead atoms. The van der Waals surface area contributed by atoms with Gasteiger partial charge in [0.25, 0.3) is 0 Å². The first-order valence-corrected chi connectivity index (χ1v) is 3.82. The molecule has 0 saturated heterocycles. The van der Waals surface area contributed by atoms with Crippen LogP contribution in [0, 0.1) is 5.41 Å². The lowest BCUT2D eigenvalue weighted by molar-refractivity contribution is -0.148. The molecule has 0 saturated carbocycles. The van der Waals surface area contributed by atoms with E-state index in [4.69, 9.17) is 10.6 Å². The minimum atomic E-state index is -0.996. The number of aliphatic carboxylic acids is 1. The molecule has 0 radical (unpaired) electrons. The zero-order valence-electron chi connectivity index (χ0n) is 7.64. The quantitative estimate of drug-likeness (QED) is 0.383. The van der Waals surface area contributed by atoms with Crippen molar-refractivity contribution in [2.75, 3.05) is 6.54 Å².